The Kier molecular flexibility index (Phi) is 7.02. The Bertz CT molecular complexity index is 1910. The van der Waals surface area contributed by atoms with Crippen LogP contribution in [-0.2, 0) is 6.54 Å². The standard InChI is InChI=1S/C29H31FN10O2/c1-5-7-21(32-6-2)26-33-28-25-17(3)23(16-41)39(27(25)34-29(31)40(28)35-26)13-10-37-8-11-38(12-9-37)22-14-19-18(4)36-42-24(19)15-20(22)30/h5-7,14-16H,1,8-13H2,2-4H3,(H2,31,34)/b21-7-,32-6?. The molecule has 42 heavy (non-hydrogen) atoms. The third kappa shape index (κ3) is 4.51. The first-order valence-corrected chi connectivity index (χ1v) is 13.7. The molecule has 0 aliphatic carbocycles. The third-order valence-electron chi connectivity index (χ3n) is 7.75. The molecule has 5 heterocycles. The van der Waals surface area contributed by atoms with Crippen molar-refractivity contribution >= 4 is 57.5 Å². The van der Waals surface area contributed by atoms with E-state index in [1.165, 1.54) is 10.6 Å². The van der Waals surface area contributed by atoms with Gasteiger partial charge in [-0.05, 0) is 38.5 Å². The van der Waals surface area contributed by atoms with Crippen molar-refractivity contribution in [3.8, 4) is 0 Å². The van der Waals surface area contributed by atoms with Gasteiger partial charge in [0, 0.05) is 56.9 Å². The number of nitrogens with two attached hydrogens (primary N) is 1. The number of benzene rings is 1. The number of aryl methyl sites for hydroxylation is 2. The van der Waals surface area contributed by atoms with E-state index in [1.54, 1.807) is 25.3 Å². The first kappa shape index (κ1) is 27.3. The number of carbonyl (C=O) groups is 1. The molecule has 0 radical (unpaired) electrons. The van der Waals surface area contributed by atoms with Crippen LogP contribution in [0.4, 0.5) is 16.0 Å². The number of rotatable bonds is 8. The van der Waals surface area contributed by atoms with E-state index in [0.717, 1.165) is 36.0 Å². The second kappa shape index (κ2) is 10.8. The monoisotopic (exact) mass is 570 g/mol. The number of aldehydes is 1. The number of carbonyl (C=O) groups excluding carboxylic acids is 1. The number of nitrogens with zero attached hydrogens (tertiary/aromatic N) is 9. The van der Waals surface area contributed by atoms with Gasteiger partial charge in [0.25, 0.3) is 0 Å². The number of hydrogen-bond donors (Lipinski definition) is 1. The summed E-state index contributed by atoms with van der Waals surface area (Å²) in [6.07, 6.45) is 5.82. The second-order valence-electron chi connectivity index (χ2n) is 10.2. The summed E-state index contributed by atoms with van der Waals surface area (Å²) in [6.45, 7) is 13.3. The van der Waals surface area contributed by atoms with Crippen LogP contribution in [0.1, 0.15) is 34.5 Å². The molecule has 0 bridgehead atoms. The number of nitrogen functional groups attached to an aromatic ring is 1. The zero-order valence-corrected chi connectivity index (χ0v) is 23.7. The lowest BCUT2D eigenvalue weighted by Gasteiger charge is -2.36. The lowest BCUT2D eigenvalue weighted by Crippen LogP contribution is -2.47. The van der Waals surface area contributed by atoms with Crippen LogP contribution in [0.15, 0.2) is 40.4 Å². The summed E-state index contributed by atoms with van der Waals surface area (Å²) in [5, 5.41) is 9.99. The van der Waals surface area contributed by atoms with Crippen LogP contribution in [0.3, 0.4) is 0 Å². The topological polar surface area (TPSA) is 136 Å². The first-order valence-electron chi connectivity index (χ1n) is 13.7. The summed E-state index contributed by atoms with van der Waals surface area (Å²) >= 11 is 0. The average molecular weight is 571 g/mol. The predicted molar refractivity (Wildman–Crippen MR) is 161 cm³/mol. The summed E-state index contributed by atoms with van der Waals surface area (Å²) in [5.74, 6) is 0.209. The molecule has 12 nitrogen and oxygen atoms in total. The number of allylic oxidation sites excluding steroid dienone is 2. The fourth-order valence-electron chi connectivity index (χ4n) is 5.60. The van der Waals surface area contributed by atoms with Crippen LogP contribution < -0.4 is 10.6 Å². The van der Waals surface area contributed by atoms with E-state index in [0.29, 0.717) is 71.3 Å². The number of halogens is 1. The molecule has 13 heteroatoms. The van der Waals surface area contributed by atoms with Crippen molar-refractivity contribution in [2.24, 2.45) is 4.99 Å². The number of anilines is 2. The van der Waals surface area contributed by atoms with Crippen LogP contribution in [0.25, 0.3) is 33.3 Å². The molecular weight excluding hydrogens is 539 g/mol. The van der Waals surface area contributed by atoms with E-state index in [1.807, 2.05) is 29.4 Å². The van der Waals surface area contributed by atoms with Gasteiger partial charge in [-0.25, -0.2) is 9.37 Å². The van der Waals surface area contributed by atoms with Crippen molar-refractivity contribution in [1.82, 2.24) is 34.2 Å². The largest absolute Gasteiger partial charge is 0.368 e. The summed E-state index contributed by atoms with van der Waals surface area (Å²) in [7, 11) is 0. The van der Waals surface area contributed by atoms with E-state index in [2.05, 4.69) is 31.7 Å². The highest BCUT2D eigenvalue weighted by Gasteiger charge is 2.25. The minimum atomic E-state index is -0.322. The molecule has 1 aliphatic heterocycles. The molecule has 6 rings (SSSR count). The van der Waals surface area contributed by atoms with Crippen molar-refractivity contribution in [3.05, 3.63) is 59.5 Å². The van der Waals surface area contributed by atoms with Crippen molar-refractivity contribution in [2.45, 2.75) is 27.3 Å². The number of aromatic nitrogens is 6. The van der Waals surface area contributed by atoms with Gasteiger partial charge in [-0.2, -0.15) is 9.50 Å². The highest BCUT2D eigenvalue weighted by atomic mass is 19.1. The highest BCUT2D eigenvalue weighted by molar-refractivity contribution is 6.00. The Hall–Kier alpha value is -4.91. The Labute approximate surface area is 240 Å². The molecule has 1 aromatic carbocycles. The van der Waals surface area contributed by atoms with Gasteiger partial charge < -0.3 is 19.7 Å². The lowest BCUT2D eigenvalue weighted by molar-refractivity contribution is 0.111. The van der Waals surface area contributed by atoms with Crippen LogP contribution in [-0.4, -0.2) is 79.4 Å². The van der Waals surface area contributed by atoms with Gasteiger partial charge in [0.2, 0.25) is 11.8 Å². The summed E-state index contributed by atoms with van der Waals surface area (Å²) in [6, 6.07) is 3.22. The fraction of sp³-hybridized carbons (Fsp3) is 0.310. The maximum Gasteiger partial charge on any atom is 0.225 e. The van der Waals surface area contributed by atoms with E-state index < -0.39 is 0 Å². The molecule has 1 saturated heterocycles. The fourth-order valence-corrected chi connectivity index (χ4v) is 5.60. The van der Waals surface area contributed by atoms with Gasteiger partial charge in [-0.15, -0.1) is 5.10 Å². The second-order valence-corrected chi connectivity index (χ2v) is 10.2. The van der Waals surface area contributed by atoms with Crippen molar-refractivity contribution in [2.75, 3.05) is 43.4 Å². The maximum atomic E-state index is 14.9. The van der Waals surface area contributed by atoms with Crippen LogP contribution >= 0.6 is 0 Å². The third-order valence-corrected chi connectivity index (χ3v) is 7.75. The minimum Gasteiger partial charge on any atom is -0.368 e. The van der Waals surface area contributed by atoms with Crippen LogP contribution in [0.5, 0.6) is 0 Å². The van der Waals surface area contributed by atoms with E-state index in [9.17, 15) is 9.18 Å². The van der Waals surface area contributed by atoms with Gasteiger partial charge in [0.05, 0.1) is 22.5 Å². The molecule has 0 spiro atoms. The number of piperazine rings is 1. The molecule has 2 N–H and O–H groups in total. The van der Waals surface area contributed by atoms with Gasteiger partial charge in [0.1, 0.15) is 17.2 Å². The normalized spacial score (nSPS) is 15.1. The van der Waals surface area contributed by atoms with Crippen molar-refractivity contribution in [1.29, 1.82) is 0 Å². The SMILES string of the molecule is C=C/C=C(\N=CC)c1nc2c3c(C)c(C=O)n(CCN4CCN(c5cc6c(C)noc6cc5F)CC4)c3nc(N)n2n1. The maximum absolute atomic E-state index is 14.9. The number of hydrogen-bond acceptors (Lipinski definition) is 10. The molecule has 4 aromatic heterocycles. The smallest absolute Gasteiger partial charge is 0.225 e. The quantitative estimate of drug-likeness (QED) is 0.168. The zero-order chi connectivity index (χ0) is 29.5. The lowest BCUT2D eigenvalue weighted by atomic mass is 10.1. The minimum absolute atomic E-state index is 0.154. The summed E-state index contributed by atoms with van der Waals surface area (Å²) in [5.41, 5.74) is 10.9. The first-order chi connectivity index (χ1) is 20.3. The van der Waals surface area contributed by atoms with Gasteiger partial charge in [-0.1, -0.05) is 17.8 Å². The highest BCUT2D eigenvalue weighted by Crippen LogP contribution is 2.31. The van der Waals surface area contributed by atoms with Gasteiger partial charge >= 0.3 is 0 Å². The summed E-state index contributed by atoms with van der Waals surface area (Å²) in [4.78, 5) is 30.3. The van der Waals surface area contributed by atoms with E-state index >= 15 is 0 Å². The molecule has 216 valence electrons. The molecule has 0 amide bonds. The summed E-state index contributed by atoms with van der Waals surface area (Å²) < 4.78 is 23.4. The van der Waals surface area contributed by atoms with Crippen molar-refractivity contribution < 1.29 is 13.7 Å². The molecule has 0 atom stereocenters. The Morgan fingerprint density at radius 2 is 1.95 bits per heavy atom. The van der Waals surface area contributed by atoms with Crippen LogP contribution in [0, 0.1) is 19.7 Å². The number of fused-ring (bicyclic) bond motifs is 4. The van der Waals surface area contributed by atoms with Crippen LogP contribution in [0.2, 0.25) is 0 Å². The predicted octanol–water partition coefficient (Wildman–Crippen LogP) is 3.81. The molecule has 0 saturated carbocycles. The molecule has 1 fully saturated rings. The van der Waals surface area contributed by atoms with Gasteiger partial charge in [0.15, 0.2) is 17.5 Å². The number of aliphatic imine (C=N–C) groups is 1. The van der Waals surface area contributed by atoms with E-state index in [4.69, 9.17) is 15.2 Å². The Balaban J connectivity index is 1.25. The molecule has 5 aromatic rings. The molecule has 0 unspecified atom stereocenters. The zero-order valence-electron chi connectivity index (χ0n) is 23.7. The molecule has 1 aliphatic rings. The Morgan fingerprint density at radius 1 is 1.17 bits per heavy atom. The van der Waals surface area contributed by atoms with E-state index in [-0.39, 0.29) is 11.8 Å². The average Bonchev–Trinajstić information content (AvgIpc) is 3.65. The molecular formula is C29H31FN10O2. The van der Waals surface area contributed by atoms with Gasteiger partial charge in [-0.3, -0.25) is 14.7 Å². The van der Waals surface area contributed by atoms with Crippen molar-refractivity contribution in [3.63, 3.8) is 0 Å². The Morgan fingerprint density at radius 3 is 2.67 bits per heavy atom.